The molecular formula is C20H26N2O4S. The summed E-state index contributed by atoms with van der Waals surface area (Å²) in [6, 6.07) is 12.5. The topological polar surface area (TPSA) is 75.7 Å². The summed E-state index contributed by atoms with van der Waals surface area (Å²) in [5.74, 6) is 0.403. The van der Waals surface area contributed by atoms with E-state index < -0.39 is 16.1 Å². The van der Waals surface area contributed by atoms with Crippen LogP contribution in [0.25, 0.3) is 0 Å². The molecule has 0 radical (unpaired) electrons. The van der Waals surface area contributed by atoms with Gasteiger partial charge in [0, 0.05) is 12.7 Å². The van der Waals surface area contributed by atoms with Crippen LogP contribution < -0.4 is 14.4 Å². The zero-order chi connectivity index (χ0) is 20.2. The Kier molecular flexibility index (Phi) is 6.49. The van der Waals surface area contributed by atoms with Crippen LogP contribution in [0, 0.1) is 13.8 Å². The maximum Gasteiger partial charge on any atom is 0.265 e. The molecule has 27 heavy (non-hydrogen) atoms. The molecule has 7 heteroatoms. The second kappa shape index (κ2) is 8.43. The van der Waals surface area contributed by atoms with E-state index in [2.05, 4.69) is 5.32 Å². The summed E-state index contributed by atoms with van der Waals surface area (Å²) in [4.78, 5) is 12.7. The number of ether oxygens (including phenoxy) is 1. The summed E-state index contributed by atoms with van der Waals surface area (Å²) in [5, 5.41) is 2.81. The third kappa shape index (κ3) is 5.47. The average molecular weight is 391 g/mol. The first-order valence-corrected chi connectivity index (χ1v) is 10.6. The van der Waals surface area contributed by atoms with Crippen LogP contribution in [0.15, 0.2) is 42.5 Å². The van der Waals surface area contributed by atoms with Crippen molar-refractivity contribution >= 4 is 27.3 Å². The first kappa shape index (κ1) is 20.8. The number of aryl methyl sites for hydroxylation is 2. The molecule has 0 aliphatic rings. The number of hydrogen-bond donors (Lipinski definition) is 1. The lowest BCUT2D eigenvalue weighted by Crippen LogP contribution is -2.32. The Morgan fingerprint density at radius 3 is 2.52 bits per heavy atom. The fourth-order valence-corrected chi connectivity index (χ4v) is 3.00. The fourth-order valence-electron chi connectivity index (χ4n) is 2.50. The van der Waals surface area contributed by atoms with Gasteiger partial charge in [0.1, 0.15) is 5.75 Å². The number of anilines is 2. The Morgan fingerprint density at radius 2 is 1.89 bits per heavy atom. The minimum Gasteiger partial charge on any atom is -0.480 e. The summed E-state index contributed by atoms with van der Waals surface area (Å²) in [7, 11) is -1.91. The molecule has 1 atom stereocenters. The standard InChI is InChI=1S/C20H26N2O4S/c1-6-18(26-19-12-14(2)10-11-15(19)3)20(23)21-16-8-7-9-17(13-16)22(4)27(5,24)25/h7-13,18H,6H2,1-5H3,(H,21,23)/t18-/m0/s1. The minimum atomic E-state index is -3.38. The van der Waals surface area contributed by atoms with Crippen molar-refractivity contribution in [2.24, 2.45) is 0 Å². The van der Waals surface area contributed by atoms with E-state index in [-0.39, 0.29) is 5.91 Å². The van der Waals surface area contributed by atoms with Gasteiger partial charge >= 0.3 is 0 Å². The molecule has 0 aliphatic carbocycles. The van der Waals surface area contributed by atoms with Gasteiger partial charge in [0.05, 0.1) is 11.9 Å². The lowest BCUT2D eigenvalue weighted by Gasteiger charge is -2.20. The van der Waals surface area contributed by atoms with Crippen molar-refractivity contribution in [2.75, 3.05) is 22.9 Å². The molecule has 2 aromatic carbocycles. The van der Waals surface area contributed by atoms with Crippen LogP contribution in [0.3, 0.4) is 0 Å². The van der Waals surface area contributed by atoms with Gasteiger partial charge in [-0.15, -0.1) is 0 Å². The van der Waals surface area contributed by atoms with Crippen molar-refractivity contribution in [3.63, 3.8) is 0 Å². The van der Waals surface area contributed by atoms with Crippen LogP contribution in [0.2, 0.25) is 0 Å². The molecule has 1 amide bonds. The zero-order valence-electron chi connectivity index (χ0n) is 16.3. The van der Waals surface area contributed by atoms with Crippen molar-refractivity contribution < 1.29 is 17.9 Å². The SMILES string of the molecule is CC[C@H](Oc1cc(C)ccc1C)C(=O)Nc1cccc(N(C)S(C)(=O)=O)c1. The predicted molar refractivity (Wildman–Crippen MR) is 109 cm³/mol. The van der Waals surface area contributed by atoms with Crippen LogP contribution in [0.5, 0.6) is 5.75 Å². The number of carbonyl (C=O) groups is 1. The molecule has 0 saturated heterocycles. The van der Waals surface area contributed by atoms with Gasteiger partial charge in [-0.1, -0.05) is 25.1 Å². The largest absolute Gasteiger partial charge is 0.480 e. The number of carbonyl (C=O) groups excluding carboxylic acids is 1. The van der Waals surface area contributed by atoms with Gasteiger partial charge in [0.25, 0.3) is 5.91 Å². The molecule has 0 aromatic heterocycles. The maximum absolute atomic E-state index is 12.7. The van der Waals surface area contributed by atoms with Crippen molar-refractivity contribution in [1.29, 1.82) is 0 Å². The Labute approximate surface area is 161 Å². The molecule has 0 spiro atoms. The Morgan fingerprint density at radius 1 is 1.19 bits per heavy atom. The van der Waals surface area contributed by atoms with Gasteiger partial charge in [-0.3, -0.25) is 9.10 Å². The third-order valence-corrected chi connectivity index (χ3v) is 5.46. The molecule has 0 fully saturated rings. The summed E-state index contributed by atoms with van der Waals surface area (Å²) in [6.45, 7) is 5.78. The molecular weight excluding hydrogens is 364 g/mol. The van der Waals surface area contributed by atoms with E-state index in [1.807, 2.05) is 39.0 Å². The highest BCUT2D eigenvalue weighted by atomic mass is 32.2. The van der Waals surface area contributed by atoms with E-state index in [0.717, 1.165) is 21.7 Å². The number of amides is 1. The highest BCUT2D eigenvalue weighted by Gasteiger charge is 2.20. The molecule has 6 nitrogen and oxygen atoms in total. The summed E-state index contributed by atoms with van der Waals surface area (Å²) < 4.78 is 30.5. The second-order valence-electron chi connectivity index (χ2n) is 6.55. The second-order valence-corrected chi connectivity index (χ2v) is 8.57. The maximum atomic E-state index is 12.7. The molecule has 146 valence electrons. The fraction of sp³-hybridized carbons (Fsp3) is 0.350. The van der Waals surface area contributed by atoms with E-state index in [1.165, 1.54) is 7.05 Å². The summed E-state index contributed by atoms with van der Waals surface area (Å²) in [5.41, 5.74) is 3.00. The number of benzene rings is 2. The third-order valence-electron chi connectivity index (χ3n) is 4.25. The summed E-state index contributed by atoms with van der Waals surface area (Å²) in [6.07, 6.45) is 0.979. The van der Waals surface area contributed by atoms with Crippen LogP contribution >= 0.6 is 0 Å². The zero-order valence-corrected chi connectivity index (χ0v) is 17.1. The Balaban J connectivity index is 2.16. The van der Waals surface area contributed by atoms with E-state index in [9.17, 15) is 13.2 Å². The molecule has 0 bridgehead atoms. The van der Waals surface area contributed by atoms with E-state index in [0.29, 0.717) is 23.5 Å². The van der Waals surface area contributed by atoms with E-state index in [4.69, 9.17) is 4.74 Å². The first-order valence-electron chi connectivity index (χ1n) is 8.70. The number of rotatable bonds is 7. The molecule has 0 aliphatic heterocycles. The van der Waals surface area contributed by atoms with Crippen molar-refractivity contribution in [2.45, 2.75) is 33.3 Å². The summed E-state index contributed by atoms with van der Waals surface area (Å²) >= 11 is 0. The normalized spacial score (nSPS) is 12.3. The molecule has 1 N–H and O–H groups in total. The van der Waals surface area contributed by atoms with Gasteiger partial charge < -0.3 is 10.1 Å². The van der Waals surface area contributed by atoms with E-state index >= 15 is 0 Å². The van der Waals surface area contributed by atoms with Crippen LogP contribution in [0.1, 0.15) is 24.5 Å². The lowest BCUT2D eigenvalue weighted by atomic mass is 10.1. The highest BCUT2D eigenvalue weighted by Crippen LogP contribution is 2.23. The van der Waals surface area contributed by atoms with E-state index in [1.54, 1.807) is 24.3 Å². The van der Waals surface area contributed by atoms with Gasteiger partial charge in [0.2, 0.25) is 10.0 Å². The lowest BCUT2D eigenvalue weighted by molar-refractivity contribution is -0.122. The predicted octanol–water partition coefficient (Wildman–Crippen LogP) is 3.50. The molecule has 0 unspecified atom stereocenters. The average Bonchev–Trinajstić information content (AvgIpc) is 2.61. The smallest absolute Gasteiger partial charge is 0.265 e. The Hall–Kier alpha value is -2.54. The van der Waals surface area contributed by atoms with Gasteiger partial charge in [-0.25, -0.2) is 8.42 Å². The number of nitrogens with zero attached hydrogens (tertiary/aromatic N) is 1. The molecule has 2 rings (SSSR count). The number of nitrogens with one attached hydrogen (secondary N) is 1. The van der Waals surface area contributed by atoms with Crippen LogP contribution in [-0.4, -0.2) is 33.7 Å². The monoisotopic (exact) mass is 390 g/mol. The van der Waals surface area contributed by atoms with Gasteiger partial charge in [-0.2, -0.15) is 0 Å². The van der Waals surface area contributed by atoms with Crippen LogP contribution in [-0.2, 0) is 14.8 Å². The quantitative estimate of drug-likeness (QED) is 0.785. The highest BCUT2D eigenvalue weighted by molar-refractivity contribution is 7.92. The van der Waals surface area contributed by atoms with Crippen molar-refractivity contribution in [1.82, 2.24) is 0 Å². The minimum absolute atomic E-state index is 0.280. The molecule has 0 saturated carbocycles. The van der Waals surface area contributed by atoms with Gasteiger partial charge in [-0.05, 0) is 55.7 Å². The van der Waals surface area contributed by atoms with Crippen LogP contribution in [0.4, 0.5) is 11.4 Å². The van der Waals surface area contributed by atoms with Crippen molar-refractivity contribution in [3.05, 3.63) is 53.6 Å². The Bertz CT molecular complexity index is 925. The number of hydrogen-bond acceptors (Lipinski definition) is 4. The molecule has 0 heterocycles. The first-order chi connectivity index (χ1) is 12.6. The number of sulfonamides is 1. The van der Waals surface area contributed by atoms with Crippen molar-refractivity contribution in [3.8, 4) is 5.75 Å². The molecule has 2 aromatic rings. The van der Waals surface area contributed by atoms with Gasteiger partial charge in [0.15, 0.2) is 6.10 Å².